The predicted octanol–water partition coefficient (Wildman–Crippen LogP) is 0.380. The van der Waals surface area contributed by atoms with Crippen LogP contribution in [0.1, 0.15) is 34.1 Å². The molecule has 0 aromatic carbocycles. The molecule has 0 aliphatic rings. The summed E-state index contributed by atoms with van der Waals surface area (Å²) in [5.74, 6) is 5.15. The number of rotatable bonds is 4. The fraction of sp³-hybridized carbons (Fsp3) is 1.00. The van der Waals surface area contributed by atoms with E-state index >= 15 is 0 Å². The zero-order valence-corrected chi connectivity index (χ0v) is 7.94. The Kier molecular flexibility index (Phi) is 4.60. The van der Waals surface area contributed by atoms with Crippen LogP contribution in [0, 0.1) is 0 Å². The maximum atomic E-state index is 5.15. The topological polar surface area (TPSA) is 53.3 Å². The van der Waals surface area contributed by atoms with Crippen LogP contribution in [-0.4, -0.2) is 17.1 Å². The fourth-order valence-corrected chi connectivity index (χ4v) is 0.861. The van der Waals surface area contributed by atoms with E-state index in [-0.39, 0.29) is 5.54 Å². The molecule has 0 aromatic rings. The summed E-state index contributed by atoms with van der Waals surface area (Å²) in [6, 6.07) is 0. The van der Waals surface area contributed by atoms with E-state index in [0.29, 0.717) is 0 Å². The lowest BCUT2D eigenvalue weighted by atomic mass is 10.1. The summed E-state index contributed by atoms with van der Waals surface area (Å²) < 4.78 is 0. The van der Waals surface area contributed by atoms with Crippen molar-refractivity contribution >= 4 is 0 Å². The Balaban J connectivity index is 3.88. The Morgan fingerprint density at radius 3 is 2.18 bits per heavy atom. The van der Waals surface area contributed by atoms with Crippen LogP contribution in [0.4, 0.5) is 0 Å². The molecule has 0 aliphatic carbocycles. The molecule has 0 saturated heterocycles. The van der Waals surface area contributed by atoms with Gasteiger partial charge in [-0.05, 0) is 27.2 Å². The second-order valence-corrected chi connectivity index (χ2v) is 3.58. The van der Waals surface area contributed by atoms with E-state index in [2.05, 4.69) is 43.8 Å². The summed E-state index contributed by atoms with van der Waals surface area (Å²) in [7, 11) is 0. The van der Waals surface area contributed by atoms with Crippen molar-refractivity contribution in [2.24, 2.45) is 5.84 Å². The lowest BCUT2D eigenvalue weighted by Gasteiger charge is -2.34. The van der Waals surface area contributed by atoms with E-state index in [4.69, 9.17) is 5.84 Å². The lowest BCUT2D eigenvalue weighted by Crippen LogP contribution is -2.57. The average molecular weight is 160 g/mol. The fourth-order valence-electron chi connectivity index (χ4n) is 0.861. The first-order valence-electron chi connectivity index (χ1n) is 4.01. The Bertz CT molecular complexity index is 91.1. The number of hydrazine groups is 3. The van der Waals surface area contributed by atoms with Gasteiger partial charge in [-0.1, -0.05) is 6.92 Å². The average Bonchev–Trinajstić information content (AvgIpc) is 1.85. The van der Waals surface area contributed by atoms with Crippen LogP contribution < -0.4 is 16.9 Å². The van der Waals surface area contributed by atoms with Crippen LogP contribution in [-0.2, 0) is 0 Å². The molecule has 4 N–H and O–H groups in total. The zero-order valence-electron chi connectivity index (χ0n) is 7.94. The summed E-state index contributed by atoms with van der Waals surface area (Å²) in [6.07, 6.45) is 1.10. The number of hydrogen-bond donors (Lipinski definition) is 3. The van der Waals surface area contributed by atoms with Gasteiger partial charge < -0.3 is 0 Å². The van der Waals surface area contributed by atoms with Gasteiger partial charge in [0.2, 0.25) is 0 Å². The van der Waals surface area contributed by atoms with Gasteiger partial charge in [-0.25, -0.2) is 5.01 Å². The number of nitrogens with one attached hydrogen (secondary N) is 2. The Labute approximate surface area is 69.0 Å². The lowest BCUT2D eigenvalue weighted by molar-refractivity contribution is 0.0495. The van der Waals surface area contributed by atoms with Gasteiger partial charge in [-0.15, -0.1) is 0 Å². The van der Waals surface area contributed by atoms with E-state index in [1.807, 2.05) is 0 Å². The molecule has 0 unspecified atom stereocenters. The van der Waals surface area contributed by atoms with Crippen molar-refractivity contribution in [1.82, 2.24) is 16.1 Å². The molecule has 0 fully saturated rings. The SMILES string of the molecule is CCCN(NNN)C(C)(C)C. The minimum absolute atomic E-state index is 0.0996. The molecular weight excluding hydrogens is 140 g/mol. The number of nitrogens with zero attached hydrogens (tertiary/aromatic N) is 1. The van der Waals surface area contributed by atoms with Crippen molar-refractivity contribution in [2.75, 3.05) is 6.54 Å². The standard InChI is InChI=1S/C7H20N4/c1-5-6-11(10-9-8)7(2,3)4/h9-10H,5-6,8H2,1-4H3. The van der Waals surface area contributed by atoms with E-state index in [1.165, 1.54) is 0 Å². The van der Waals surface area contributed by atoms with Crippen molar-refractivity contribution in [2.45, 2.75) is 39.7 Å². The first kappa shape index (κ1) is 10.8. The quantitative estimate of drug-likeness (QED) is 0.411. The summed E-state index contributed by atoms with van der Waals surface area (Å²) in [5, 5.41) is 2.06. The van der Waals surface area contributed by atoms with E-state index in [1.54, 1.807) is 0 Å². The first-order valence-corrected chi connectivity index (χ1v) is 4.01. The Morgan fingerprint density at radius 1 is 1.36 bits per heavy atom. The van der Waals surface area contributed by atoms with E-state index in [0.717, 1.165) is 13.0 Å². The van der Waals surface area contributed by atoms with Crippen molar-refractivity contribution in [3.63, 3.8) is 0 Å². The highest BCUT2D eigenvalue weighted by Crippen LogP contribution is 2.09. The second-order valence-electron chi connectivity index (χ2n) is 3.58. The Morgan fingerprint density at radius 2 is 1.91 bits per heavy atom. The van der Waals surface area contributed by atoms with Crippen LogP contribution in [0.25, 0.3) is 0 Å². The smallest absolute Gasteiger partial charge is 0.0283 e. The molecule has 0 atom stereocenters. The first-order chi connectivity index (χ1) is 5.02. The minimum Gasteiger partial charge on any atom is -0.257 e. The third-order valence-electron chi connectivity index (χ3n) is 1.46. The van der Waals surface area contributed by atoms with Crippen LogP contribution in [0.2, 0.25) is 0 Å². The van der Waals surface area contributed by atoms with Gasteiger partial charge in [0.1, 0.15) is 0 Å². The normalized spacial score (nSPS) is 12.5. The van der Waals surface area contributed by atoms with Gasteiger partial charge in [0.05, 0.1) is 0 Å². The Hall–Kier alpha value is -0.160. The molecule has 0 rings (SSSR count). The van der Waals surface area contributed by atoms with E-state index in [9.17, 15) is 0 Å². The predicted molar refractivity (Wildman–Crippen MR) is 47.2 cm³/mol. The molecule has 0 radical (unpaired) electrons. The molecule has 68 valence electrons. The zero-order chi connectivity index (χ0) is 8.91. The van der Waals surface area contributed by atoms with Crippen molar-refractivity contribution < 1.29 is 0 Å². The molecule has 0 heterocycles. The molecule has 11 heavy (non-hydrogen) atoms. The van der Waals surface area contributed by atoms with Gasteiger partial charge in [-0.3, -0.25) is 5.84 Å². The molecule has 0 saturated carbocycles. The van der Waals surface area contributed by atoms with Crippen molar-refractivity contribution in [3.8, 4) is 0 Å². The maximum Gasteiger partial charge on any atom is 0.0283 e. The second kappa shape index (κ2) is 4.66. The van der Waals surface area contributed by atoms with Crippen molar-refractivity contribution in [1.29, 1.82) is 0 Å². The van der Waals surface area contributed by atoms with Gasteiger partial charge in [0.15, 0.2) is 0 Å². The molecule has 0 spiro atoms. The van der Waals surface area contributed by atoms with Crippen LogP contribution in [0.15, 0.2) is 0 Å². The molecule has 0 bridgehead atoms. The summed E-state index contributed by atoms with van der Waals surface area (Å²) in [4.78, 5) is 0. The highest BCUT2D eigenvalue weighted by atomic mass is 15.8. The highest BCUT2D eigenvalue weighted by molar-refractivity contribution is 4.71. The summed E-state index contributed by atoms with van der Waals surface area (Å²) >= 11 is 0. The largest absolute Gasteiger partial charge is 0.257 e. The molecular formula is C7H20N4. The summed E-state index contributed by atoms with van der Waals surface area (Å²) in [6.45, 7) is 9.51. The minimum atomic E-state index is 0.0996. The van der Waals surface area contributed by atoms with E-state index < -0.39 is 0 Å². The van der Waals surface area contributed by atoms with Gasteiger partial charge in [0.25, 0.3) is 0 Å². The number of nitrogens with two attached hydrogens (primary N) is 1. The maximum absolute atomic E-state index is 5.15. The van der Waals surface area contributed by atoms with Crippen LogP contribution in [0.3, 0.4) is 0 Å². The third kappa shape index (κ3) is 4.31. The van der Waals surface area contributed by atoms with Gasteiger partial charge in [-0.2, -0.15) is 11.1 Å². The van der Waals surface area contributed by atoms with Crippen LogP contribution >= 0.6 is 0 Å². The highest BCUT2D eigenvalue weighted by Gasteiger charge is 2.19. The third-order valence-corrected chi connectivity index (χ3v) is 1.46. The molecule has 0 amide bonds. The summed E-state index contributed by atoms with van der Waals surface area (Å²) in [5.41, 5.74) is 5.42. The molecule has 0 aliphatic heterocycles. The van der Waals surface area contributed by atoms with Gasteiger partial charge in [0, 0.05) is 12.1 Å². The number of hydrogen-bond acceptors (Lipinski definition) is 4. The monoisotopic (exact) mass is 160 g/mol. The molecule has 0 aromatic heterocycles. The van der Waals surface area contributed by atoms with Crippen molar-refractivity contribution in [3.05, 3.63) is 0 Å². The van der Waals surface area contributed by atoms with Crippen LogP contribution in [0.5, 0.6) is 0 Å². The molecule has 4 heteroatoms. The van der Waals surface area contributed by atoms with Gasteiger partial charge >= 0.3 is 0 Å². The molecule has 4 nitrogen and oxygen atoms in total.